The average Bonchev–Trinajstić information content (AvgIpc) is 1.86. The Labute approximate surface area is 67.0 Å². The molecule has 0 amide bonds. The van der Waals surface area contributed by atoms with Gasteiger partial charge in [-0.1, -0.05) is 0 Å². The fraction of sp³-hybridized carbons (Fsp3) is 0.750. The zero-order valence-corrected chi connectivity index (χ0v) is 5.66. The maximum absolute atomic E-state index is 11.2. The molecule has 0 aromatic carbocycles. The first-order valence-electron chi connectivity index (χ1n) is 2.41. The number of halogens is 7. The van der Waals surface area contributed by atoms with Crippen LogP contribution in [-0.2, 0) is 4.79 Å². The highest BCUT2D eigenvalue weighted by atomic mass is 19.4. The molecule has 0 bridgehead atoms. The lowest BCUT2D eigenvalue weighted by Gasteiger charge is -2.17. The second kappa shape index (κ2) is 4.87. The van der Waals surface area contributed by atoms with Crippen molar-refractivity contribution in [2.45, 2.75) is 18.5 Å². The van der Waals surface area contributed by atoms with Crippen molar-refractivity contribution in [1.82, 2.24) is 0 Å². The van der Waals surface area contributed by atoms with Gasteiger partial charge >= 0.3 is 18.5 Å². The molecule has 0 atom stereocenters. The predicted octanol–water partition coefficient (Wildman–Crippen LogP) is 2.15. The van der Waals surface area contributed by atoms with Crippen LogP contribution in [0.15, 0.2) is 0 Å². The molecule has 0 aliphatic carbocycles. The number of rotatable bonds is 1. The van der Waals surface area contributed by atoms with Crippen LogP contribution in [0.4, 0.5) is 30.7 Å². The van der Waals surface area contributed by atoms with E-state index in [0.29, 0.717) is 0 Å². The van der Waals surface area contributed by atoms with Crippen molar-refractivity contribution in [3.63, 3.8) is 0 Å². The lowest BCUT2D eigenvalue weighted by Crippen LogP contribution is -2.42. The smallest absolute Gasteiger partial charge is 0.459 e. The molecule has 80 valence electrons. The molecule has 9 heteroatoms. The molecule has 0 aromatic rings. The molecule has 0 saturated carbocycles. The Balaban J connectivity index is 0. The largest absolute Gasteiger partial charge is 0.483 e. The Morgan fingerprint density at radius 1 is 1.08 bits per heavy atom. The summed E-state index contributed by atoms with van der Waals surface area (Å²) in [6.07, 6.45) is -10.9. The van der Waals surface area contributed by atoms with Crippen molar-refractivity contribution >= 4 is 6.47 Å². The highest BCUT2D eigenvalue weighted by molar-refractivity contribution is 5.32. The van der Waals surface area contributed by atoms with Gasteiger partial charge in [0.1, 0.15) is 0 Å². The van der Waals surface area contributed by atoms with Crippen molar-refractivity contribution in [2.24, 2.45) is 0 Å². The van der Waals surface area contributed by atoms with E-state index in [-0.39, 0.29) is 6.47 Å². The lowest BCUT2D eigenvalue weighted by atomic mass is 10.3. The van der Waals surface area contributed by atoms with Crippen LogP contribution < -0.4 is 0 Å². The van der Waals surface area contributed by atoms with E-state index in [2.05, 4.69) is 0 Å². The third kappa shape index (κ3) is 4.53. The number of alkyl halides is 7. The predicted molar refractivity (Wildman–Crippen MR) is 25.7 cm³/mol. The molecule has 0 saturated heterocycles. The van der Waals surface area contributed by atoms with Crippen molar-refractivity contribution in [3.8, 4) is 0 Å². The third-order valence-electron chi connectivity index (χ3n) is 0.652. The maximum atomic E-state index is 11.2. The Bertz CT molecular complexity index is 151. The molecule has 0 aliphatic rings. The summed E-state index contributed by atoms with van der Waals surface area (Å²) in [6.45, 7) is -0.250. The third-order valence-corrected chi connectivity index (χ3v) is 0.652. The topological polar surface area (TPSA) is 37.3 Å². The maximum Gasteiger partial charge on any atom is 0.459 e. The van der Waals surface area contributed by atoms with Crippen molar-refractivity contribution < 1.29 is 40.6 Å². The SMILES string of the molecule is FC(F)C(F)(F)C(F)(F)F.O=CO. The minimum absolute atomic E-state index is 0.250. The minimum Gasteiger partial charge on any atom is -0.483 e. The lowest BCUT2D eigenvalue weighted by molar-refractivity contribution is -0.320. The summed E-state index contributed by atoms with van der Waals surface area (Å²) in [5, 5.41) is 6.89. The monoisotopic (exact) mass is 216 g/mol. The molecule has 0 heterocycles. The second-order valence-corrected chi connectivity index (χ2v) is 1.53. The molecule has 0 spiro atoms. The van der Waals surface area contributed by atoms with Gasteiger partial charge in [0.05, 0.1) is 0 Å². The highest BCUT2D eigenvalue weighted by Gasteiger charge is 2.64. The van der Waals surface area contributed by atoms with Gasteiger partial charge in [-0.25, -0.2) is 8.78 Å². The van der Waals surface area contributed by atoms with Crippen LogP contribution in [0.25, 0.3) is 0 Å². The summed E-state index contributed by atoms with van der Waals surface area (Å²) in [5.74, 6) is -5.90. The van der Waals surface area contributed by atoms with E-state index < -0.39 is 18.5 Å². The van der Waals surface area contributed by atoms with Gasteiger partial charge < -0.3 is 5.11 Å². The summed E-state index contributed by atoms with van der Waals surface area (Å²) in [5.41, 5.74) is 0. The molecule has 0 rings (SSSR count). The van der Waals surface area contributed by atoms with Gasteiger partial charge in [0.15, 0.2) is 0 Å². The van der Waals surface area contributed by atoms with E-state index in [1.165, 1.54) is 0 Å². The second-order valence-electron chi connectivity index (χ2n) is 1.53. The van der Waals surface area contributed by atoms with E-state index >= 15 is 0 Å². The Morgan fingerprint density at radius 2 is 1.31 bits per heavy atom. The molecule has 0 radical (unpaired) electrons. The van der Waals surface area contributed by atoms with Gasteiger partial charge in [-0.3, -0.25) is 4.79 Å². The molecule has 13 heavy (non-hydrogen) atoms. The van der Waals surface area contributed by atoms with E-state index in [1.807, 2.05) is 0 Å². The van der Waals surface area contributed by atoms with Crippen molar-refractivity contribution in [2.75, 3.05) is 0 Å². The first kappa shape index (κ1) is 14.5. The molecule has 1 N–H and O–H groups in total. The van der Waals surface area contributed by atoms with Gasteiger partial charge in [0, 0.05) is 0 Å². The summed E-state index contributed by atoms with van der Waals surface area (Å²) in [6, 6.07) is 0. The van der Waals surface area contributed by atoms with Gasteiger partial charge in [-0.05, 0) is 0 Å². The molecule has 2 nitrogen and oxygen atoms in total. The molecule has 0 fully saturated rings. The first-order chi connectivity index (χ1) is 5.61. The van der Waals surface area contributed by atoms with Crippen molar-refractivity contribution in [3.05, 3.63) is 0 Å². The molecule has 0 unspecified atom stereocenters. The first-order valence-corrected chi connectivity index (χ1v) is 2.41. The average molecular weight is 216 g/mol. The zero-order chi connectivity index (χ0) is 11.3. The van der Waals surface area contributed by atoms with Crippen LogP contribution >= 0.6 is 0 Å². The molecular weight excluding hydrogens is 213 g/mol. The number of carboxylic acid groups (broad SMARTS) is 1. The van der Waals surface area contributed by atoms with E-state index in [9.17, 15) is 30.7 Å². The number of hydrogen-bond donors (Lipinski definition) is 1. The highest BCUT2D eigenvalue weighted by Crippen LogP contribution is 2.39. The molecular formula is C4H3F7O2. The van der Waals surface area contributed by atoms with Crippen LogP contribution in [0.3, 0.4) is 0 Å². The summed E-state index contributed by atoms with van der Waals surface area (Å²) in [4.78, 5) is 8.36. The van der Waals surface area contributed by atoms with Crippen LogP contribution in [0.5, 0.6) is 0 Å². The fourth-order valence-corrected chi connectivity index (χ4v) is 0.124. The van der Waals surface area contributed by atoms with Gasteiger partial charge in [-0.2, -0.15) is 22.0 Å². The van der Waals surface area contributed by atoms with E-state index in [4.69, 9.17) is 9.90 Å². The summed E-state index contributed by atoms with van der Waals surface area (Å²) >= 11 is 0. The number of carbonyl (C=O) groups is 1. The van der Waals surface area contributed by atoms with Gasteiger partial charge in [0.2, 0.25) is 0 Å². The summed E-state index contributed by atoms with van der Waals surface area (Å²) < 4.78 is 76.6. The Morgan fingerprint density at radius 3 is 1.31 bits per heavy atom. The fourth-order valence-electron chi connectivity index (χ4n) is 0.124. The van der Waals surface area contributed by atoms with Gasteiger partial charge in [-0.15, -0.1) is 0 Å². The van der Waals surface area contributed by atoms with E-state index in [1.54, 1.807) is 0 Å². The van der Waals surface area contributed by atoms with Crippen LogP contribution in [0, 0.1) is 0 Å². The number of hydrogen-bond acceptors (Lipinski definition) is 1. The Kier molecular flexibility index (Phi) is 5.44. The van der Waals surface area contributed by atoms with Crippen LogP contribution in [-0.4, -0.2) is 30.1 Å². The standard InChI is InChI=1S/C3HF7.CH2O2/c4-1(5)2(6,7)3(8,9)10;2-1-3/h1H;1H,(H,2,3). The summed E-state index contributed by atoms with van der Waals surface area (Å²) in [7, 11) is 0. The molecule has 0 aromatic heterocycles. The van der Waals surface area contributed by atoms with Crippen LogP contribution in [0.1, 0.15) is 0 Å². The van der Waals surface area contributed by atoms with Crippen LogP contribution in [0.2, 0.25) is 0 Å². The minimum atomic E-state index is -6.17. The quantitative estimate of drug-likeness (QED) is 0.538. The van der Waals surface area contributed by atoms with Crippen molar-refractivity contribution in [1.29, 1.82) is 0 Å². The van der Waals surface area contributed by atoms with E-state index in [0.717, 1.165) is 0 Å². The Hall–Kier alpha value is -1.02. The normalized spacial score (nSPS) is 12.0. The zero-order valence-electron chi connectivity index (χ0n) is 5.66. The molecule has 0 aliphatic heterocycles. The van der Waals surface area contributed by atoms with Gasteiger partial charge in [0.25, 0.3) is 6.47 Å².